The summed E-state index contributed by atoms with van der Waals surface area (Å²) in [4.78, 5) is 14.7. The molecule has 3 heterocycles. The number of ether oxygens (including phenoxy) is 6. The molecule has 0 spiro atoms. The SMILES string of the molecule is CC1(C)CC[C@]2(C(=O)O[C@@H]3O[C@@H](CO)[C@H](O)[C@H](O)[C@H]3O)[C@H](O)C[C@@]3(C)C(=CC[C@H]4[C@@]5(C)CC[C@@H](O[C@@H]6O[C@H](CO)[C@H](O)[C@H](O)[C@@H]6O[C@@H]6O[C@H](CO)[C@@H](O)[C@@H](O)[C@@H]6O)C(C)(C)[C@H]5CC[C@]43C)[C@H]2C1. The summed E-state index contributed by atoms with van der Waals surface area (Å²) in [6.45, 7) is 13.5. The van der Waals surface area contributed by atoms with E-state index in [4.69, 9.17) is 28.4 Å². The summed E-state index contributed by atoms with van der Waals surface area (Å²) in [6, 6.07) is 0. The van der Waals surface area contributed by atoms with Gasteiger partial charge in [-0.1, -0.05) is 60.1 Å². The van der Waals surface area contributed by atoms with Crippen LogP contribution in [0.3, 0.4) is 0 Å². The van der Waals surface area contributed by atoms with Gasteiger partial charge in [-0.05, 0) is 103 Å². The number of allylic oxidation sites excluding steroid dienone is 2. The number of fused-ring (bicyclic) bond motifs is 7. The van der Waals surface area contributed by atoms with Crippen molar-refractivity contribution in [2.75, 3.05) is 19.8 Å². The maximum absolute atomic E-state index is 14.7. The van der Waals surface area contributed by atoms with Crippen molar-refractivity contribution in [3.8, 4) is 0 Å². The second-order valence-corrected chi connectivity index (χ2v) is 23.6. The Bertz CT molecular complexity index is 1830. The van der Waals surface area contributed by atoms with Gasteiger partial charge in [0.15, 0.2) is 12.6 Å². The summed E-state index contributed by atoms with van der Waals surface area (Å²) in [7, 11) is 0. The van der Waals surface area contributed by atoms with Gasteiger partial charge in [-0.3, -0.25) is 4.79 Å². The highest BCUT2D eigenvalue weighted by Crippen LogP contribution is 2.76. The minimum atomic E-state index is -1.80. The zero-order valence-electron chi connectivity index (χ0n) is 39.8. The van der Waals surface area contributed by atoms with Gasteiger partial charge in [0.25, 0.3) is 0 Å². The second-order valence-electron chi connectivity index (χ2n) is 23.6. The molecule has 5 aliphatic carbocycles. The Morgan fingerprint density at radius 2 is 1.16 bits per heavy atom. The molecule has 3 saturated heterocycles. The van der Waals surface area contributed by atoms with Crippen LogP contribution in [0.4, 0.5) is 0 Å². The zero-order chi connectivity index (χ0) is 49.1. The van der Waals surface area contributed by atoms with Gasteiger partial charge >= 0.3 is 5.97 Å². The molecule has 67 heavy (non-hydrogen) atoms. The van der Waals surface area contributed by atoms with Crippen LogP contribution >= 0.6 is 0 Å². The third-order valence-corrected chi connectivity index (χ3v) is 19.3. The highest BCUT2D eigenvalue weighted by molar-refractivity contribution is 5.80. The third kappa shape index (κ3) is 8.01. The quantitative estimate of drug-likeness (QED) is 0.0758. The van der Waals surface area contributed by atoms with E-state index < -0.39 is 152 Å². The van der Waals surface area contributed by atoms with E-state index in [-0.39, 0.29) is 34.5 Å². The maximum Gasteiger partial charge on any atom is 0.317 e. The van der Waals surface area contributed by atoms with Crippen LogP contribution in [0.1, 0.15) is 106 Å². The molecule has 0 aromatic rings. The minimum absolute atomic E-state index is 0.0858. The molecule has 19 heteroatoms. The van der Waals surface area contributed by atoms with Crippen LogP contribution in [0, 0.1) is 50.2 Å². The smallest absolute Gasteiger partial charge is 0.317 e. The summed E-state index contributed by atoms with van der Waals surface area (Å²) in [5.41, 5.74) is -2.13. The Labute approximate surface area is 392 Å². The van der Waals surface area contributed by atoms with Crippen molar-refractivity contribution in [2.24, 2.45) is 50.2 Å². The summed E-state index contributed by atoms with van der Waals surface area (Å²) in [5.74, 6) is -0.945. The van der Waals surface area contributed by atoms with E-state index in [2.05, 4.69) is 54.5 Å². The van der Waals surface area contributed by atoms with Crippen LogP contribution in [0.5, 0.6) is 0 Å². The lowest BCUT2D eigenvalue weighted by molar-refractivity contribution is -0.378. The van der Waals surface area contributed by atoms with Gasteiger partial charge in [-0.2, -0.15) is 0 Å². The Hall–Kier alpha value is -1.47. The highest BCUT2D eigenvalue weighted by atomic mass is 16.8. The van der Waals surface area contributed by atoms with Gasteiger partial charge in [0.2, 0.25) is 6.29 Å². The predicted octanol–water partition coefficient (Wildman–Crippen LogP) is -0.889. The molecule has 12 N–H and O–H groups in total. The van der Waals surface area contributed by atoms with E-state index in [1.807, 2.05) is 0 Å². The first-order valence-corrected chi connectivity index (χ1v) is 24.4. The predicted molar refractivity (Wildman–Crippen MR) is 232 cm³/mol. The number of hydrogen-bond acceptors (Lipinski definition) is 19. The monoisotopic (exact) mass is 959 g/mol. The van der Waals surface area contributed by atoms with Crippen molar-refractivity contribution >= 4 is 5.97 Å². The topological polar surface area (TPSA) is 315 Å². The standard InChI is InChI=1S/C48H78O19/c1-43(2)14-15-48(42(61)67-40-37(60)34(57)31(54)24(19-50)63-40)22(16-43)21-8-9-27-45(5)12-11-29(44(3,4)26(45)10-13-46(27,6)47(21,7)17-28(48)52)65-41-38(35(58)32(55)25(20-51)64-41)66-39-36(59)33(56)30(53)23(18-49)62-39/h8,22-41,49-60H,9-20H2,1-7H3/t22-,23-,24+,25-,26-,27+,28-,29-,30-,31+,32+,33-,34+,35+,36+,37-,38+,39+,40+,41+,45+,46-,47+,48-/m1/s1. The molecule has 0 aromatic heterocycles. The molecule has 8 rings (SSSR count). The van der Waals surface area contributed by atoms with Gasteiger partial charge in [0.05, 0.1) is 32.0 Å². The van der Waals surface area contributed by atoms with Crippen LogP contribution < -0.4 is 0 Å². The van der Waals surface area contributed by atoms with Gasteiger partial charge in [0.1, 0.15) is 78.7 Å². The minimum Gasteiger partial charge on any atom is -0.432 e. The molecule has 3 aliphatic heterocycles. The number of carbonyl (C=O) groups is 1. The number of esters is 1. The Morgan fingerprint density at radius 3 is 1.76 bits per heavy atom. The Morgan fingerprint density at radius 1 is 0.612 bits per heavy atom. The lowest BCUT2D eigenvalue weighted by Gasteiger charge is -2.71. The largest absolute Gasteiger partial charge is 0.432 e. The summed E-state index contributed by atoms with van der Waals surface area (Å²) >= 11 is 0. The molecular weight excluding hydrogens is 881 g/mol. The molecule has 7 fully saturated rings. The van der Waals surface area contributed by atoms with E-state index in [9.17, 15) is 66.1 Å². The van der Waals surface area contributed by atoms with Crippen LogP contribution in [-0.2, 0) is 33.2 Å². The summed E-state index contributed by atoms with van der Waals surface area (Å²) in [5, 5.41) is 128. The van der Waals surface area contributed by atoms with Crippen molar-refractivity contribution in [2.45, 2.75) is 211 Å². The molecule has 0 amide bonds. The highest BCUT2D eigenvalue weighted by Gasteiger charge is 2.72. The average molecular weight is 959 g/mol. The lowest BCUT2D eigenvalue weighted by Crippen LogP contribution is -2.68. The van der Waals surface area contributed by atoms with Crippen molar-refractivity contribution in [3.63, 3.8) is 0 Å². The first-order chi connectivity index (χ1) is 31.3. The molecule has 0 radical (unpaired) electrons. The maximum atomic E-state index is 14.7. The number of carbonyl (C=O) groups excluding carboxylic acids is 1. The fourth-order valence-electron chi connectivity index (χ4n) is 15.1. The first kappa shape index (κ1) is 51.9. The Balaban J connectivity index is 1.06. The molecule has 0 unspecified atom stereocenters. The van der Waals surface area contributed by atoms with Crippen molar-refractivity contribution in [1.29, 1.82) is 0 Å². The molecule has 0 aromatic carbocycles. The Kier molecular flexibility index (Phi) is 14.1. The van der Waals surface area contributed by atoms with Crippen molar-refractivity contribution in [3.05, 3.63) is 11.6 Å². The second kappa shape index (κ2) is 18.2. The molecular formula is C48H78O19. The zero-order valence-corrected chi connectivity index (χ0v) is 39.8. The van der Waals surface area contributed by atoms with Crippen LogP contribution in [0.25, 0.3) is 0 Å². The number of rotatable bonds is 9. The first-order valence-electron chi connectivity index (χ1n) is 24.4. The van der Waals surface area contributed by atoms with Gasteiger partial charge in [-0.15, -0.1) is 0 Å². The van der Waals surface area contributed by atoms with E-state index in [1.165, 1.54) is 0 Å². The van der Waals surface area contributed by atoms with Crippen LogP contribution in [-0.4, -0.2) is 191 Å². The van der Waals surface area contributed by atoms with Gasteiger partial charge < -0.3 is 89.7 Å². The molecule has 24 atom stereocenters. The number of aliphatic hydroxyl groups is 12. The molecule has 384 valence electrons. The average Bonchev–Trinajstić information content (AvgIpc) is 3.27. The van der Waals surface area contributed by atoms with E-state index in [0.717, 1.165) is 24.8 Å². The van der Waals surface area contributed by atoms with Gasteiger partial charge in [0, 0.05) is 0 Å². The van der Waals surface area contributed by atoms with Gasteiger partial charge in [-0.25, -0.2) is 0 Å². The summed E-state index contributed by atoms with van der Waals surface area (Å²) < 4.78 is 36.0. The fourth-order valence-corrected chi connectivity index (χ4v) is 15.1. The molecule has 8 aliphatic rings. The lowest BCUT2D eigenvalue weighted by atomic mass is 9.33. The van der Waals surface area contributed by atoms with Crippen LogP contribution in [0.15, 0.2) is 11.6 Å². The third-order valence-electron chi connectivity index (χ3n) is 19.3. The molecule has 4 saturated carbocycles. The molecule has 0 bridgehead atoms. The normalized spacial score (nSPS) is 53.8. The fraction of sp³-hybridized carbons (Fsp3) is 0.938. The van der Waals surface area contributed by atoms with E-state index >= 15 is 0 Å². The van der Waals surface area contributed by atoms with E-state index in [1.54, 1.807) is 0 Å². The summed E-state index contributed by atoms with van der Waals surface area (Å²) in [6.07, 6.45) is -17.7. The van der Waals surface area contributed by atoms with Crippen LogP contribution in [0.2, 0.25) is 0 Å². The van der Waals surface area contributed by atoms with E-state index in [0.29, 0.717) is 32.1 Å². The van der Waals surface area contributed by atoms with Crippen molar-refractivity contribution in [1.82, 2.24) is 0 Å². The van der Waals surface area contributed by atoms with Crippen molar-refractivity contribution < 1.29 is 94.5 Å². The number of hydrogen-bond donors (Lipinski definition) is 12. The number of aliphatic hydroxyl groups excluding tert-OH is 12. The molecule has 19 nitrogen and oxygen atoms in total.